The average Bonchev–Trinajstić information content (AvgIpc) is 2.79. The smallest absolute Gasteiger partial charge is 0.410 e. The molecular weight excluding hydrogens is 292 g/mol. The highest BCUT2D eigenvalue weighted by atomic mass is 16.6. The fourth-order valence-corrected chi connectivity index (χ4v) is 3.20. The Balaban J connectivity index is 1.86. The quantitative estimate of drug-likeness (QED) is 0.735. The summed E-state index contributed by atoms with van der Waals surface area (Å²) in [6, 6.07) is 0. The number of carbonyl (C=O) groups is 1. The number of ether oxygens (including phenoxy) is 2. The van der Waals surface area contributed by atoms with Gasteiger partial charge in [-0.05, 0) is 52.7 Å². The third kappa shape index (κ3) is 3.20. The molecule has 23 heavy (non-hydrogen) atoms. The Labute approximate surface area is 138 Å². The van der Waals surface area contributed by atoms with Gasteiger partial charge in [-0.2, -0.15) is 0 Å². The van der Waals surface area contributed by atoms with Crippen LogP contribution in [0.3, 0.4) is 0 Å². The molecule has 2 aliphatic heterocycles. The first-order valence-electron chi connectivity index (χ1n) is 8.18. The first-order valence-corrected chi connectivity index (χ1v) is 8.18. The van der Waals surface area contributed by atoms with Gasteiger partial charge in [0, 0.05) is 17.7 Å². The minimum atomic E-state index is -0.481. The zero-order chi connectivity index (χ0) is 17.0. The highest BCUT2D eigenvalue weighted by Gasteiger charge is 2.34. The van der Waals surface area contributed by atoms with Gasteiger partial charge in [-0.3, -0.25) is 9.88 Å². The van der Waals surface area contributed by atoms with Crippen LogP contribution in [0.5, 0.6) is 0 Å². The number of nitrogens with zero attached hydrogens (tertiary/aromatic N) is 2. The molecule has 0 aromatic carbocycles. The predicted octanol–water partition coefficient (Wildman–Crippen LogP) is 3.49. The van der Waals surface area contributed by atoms with Gasteiger partial charge >= 0.3 is 6.09 Å². The zero-order valence-corrected chi connectivity index (χ0v) is 14.9. The second kappa shape index (κ2) is 5.20. The maximum absolute atomic E-state index is 12.3. The summed E-state index contributed by atoms with van der Waals surface area (Å²) in [5.41, 5.74) is 5.02. The Hall–Kier alpha value is -1.62. The third-order valence-electron chi connectivity index (χ3n) is 4.41. The number of hydrogen-bond donors (Lipinski definition) is 0. The highest BCUT2D eigenvalue weighted by Crippen LogP contribution is 2.34. The normalized spacial score (nSPS) is 19.3. The van der Waals surface area contributed by atoms with Crippen molar-refractivity contribution in [1.82, 2.24) is 9.88 Å². The standard InChI is InChI=1S/C18H26N2O3/c1-11-12-8-20(16(21)23-17(2,3)4)9-15(12)19-14-7-18(5,6)22-10-13(11)14/h7-10H2,1-6H3. The number of carbonyl (C=O) groups excluding carboxylic acids is 1. The van der Waals surface area contributed by atoms with Crippen molar-refractivity contribution in [2.45, 2.75) is 78.9 Å². The minimum absolute atomic E-state index is 0.176. The van der Waals surface area contributed by atoms with Crippen LogP contribution in [0.4, 0.5) is 4.79 Å². The van der Waals surface area contributed by atoms with E-state index in [2.05, 4.69) is 20.8 Å². The Kier molecular flexibility index (Phi) is 3.67. The van der Waals surface area contributed by atoms with Crippen molar-refractivity contribution in [2.24, 2.45) is 0 Å². The van der Waals surface area contributed by atoms with Crippen molar-refractivity contribution < 1.29 is 14.3 Å². The SMILES string of the molecule is Cc1c2c(nc3c1CN(C(=O)OC(C)(C)C)C3)CC(C)(C)OC2. The molecule has 5 nitrogen and oxygen atoms in total. The fourth-order valence-electron chi connectivity index (χ4n) is 3.20. The lowest BCUT2D eigenvalue weighted by atomic mass is 9.91. The van der Waals surface area contributed by atoms with Crippen LogP contribution in [0.2, 0.25) is 0 Å². The molecule has 0 fully saturated rings. The lowest BCUT2D eigenvalue weighted by Crippen LogP contribution is -2.33. The van der Waals surface area contributed by atoms with Crippen LogP contribution in [0, 0.1) is 6.92 Å². The first kappa shape index (κ1) is 16.2. The molecule has 0 atom stereocenters. The van der Waals surface area contributed by atoms with Gasteiger partial charge < -0.3 is 9.47 Å². The van der Waals surface area contributed by atoms with Gasteiger partial charge in [0.25, 0.3) is 0 Å². The Morgan fingerprint density at radius 2 is 1.91 bits per heavy atom. The van der Waals surface area contributed by atoms with Crippen molar-refractivity contribution in [1.29, 1.82) is 0 Å². The molecule has 126 valence electrons. The molecule has 0 radical (unpaired) electrons. The molecule has 1 amide bonds. The number of pyridine rings is 1. The molecule has 3 heterocycles. The Morgan fingerprint density at radius 1 is 1.22 bits per heavy atom. The average molecular weight is 318 g/mol. The molecule has 0 aliphatic carbocycles. The Morgan fingerprint density at radius 3 is 2.57 bits per heavy atom. The van der Waals surface area contributed by atoms with E-state index in [0.29, 0.717) is 19.7 Å². The molecule has 3 rings (SSSR count). The monoisotopic (exact) mass is 318 g/mol. The van der Waals surface area contributed by atoms with Gasteiger partial charge in [-0.25, -0.2) is 4.79 Å². The van der Waals surface area contributed by atoms with E-state index in [1.165, 1.54) is 11.1 Å². The number of rotatable bonds is 0. The summed E-state index contributed by atoms with van der Waals surface area (Å²) in [5.74, 6) is 0. The molecule has 5 heteroatoms. The van der Waals surface area contributed by atoms with Gasteiger partial charge in [0.05, 0.1) is 31.0 Å². The molecule has 1 aromatic heterocycles. The third-order valence-corrected chi connectivity index (χ3v) is 4.41. The molecule has 0 saturated carbocycles. The number of aromatic nitrogens is 1. The molecular formula is C18H26N2O3. The predicted molar refractivity (Wildman–Crippen MR) is 87.0 cm³/mol. The van der Waals surface area contributed by atoms with E-state index < -0.39 is 5.60 Å². The number of fused-ring (bicyclic) bond motifs is 2. The number of amides is 1. The summed E-state index contributed by atoms with van der Waals surface area (Å²) in [4.78, 5) is 18.9. The maximum atomic E-state index is 12.3. The van der Waals surface area contributed by atoms with E-state index in [1.807, 2.05) is 20.8 Å². The van der Waals surface area contributed by atoms with Crippen LogP contribution >= 0.6 is 0 Å². The van der Waals surface area contributed by atoms with Crippen LogP contribution in [0.1, 0.15) is 62.7 Å². The lowest BCUT2D eigenvalue weighted by molar-refractivity contribution is -0.0416. The fraction of sp³-hybridized carbons (Fsp3) is 0.667. The summed E-state index contributed by atoms with van der Waals surface area (Å²) >= 11 is 0. The van der Waals surface area contributed by atoms with Crippen molar-refractivity contribution in [3.05, 3.63) is 28.1 Å². The van der Waals surface area contributed by atoms with E-state index in [1.54, 1.807) is 4.90 Å². The highest BCUT2D eigenvalue weighted by molar-refractivity contribution is 5.69. The molecule has 0 saturated heterocycles. The van der Waals surface area contributed by atoms with Gasteiger partial charge in [0.1, 0.15) is 5.60 Å². The van der Waals surface area contributed by atoms with Crippen LogP contribution < -0.4 is 0 Å². The van der Waals surface area contributed by atoms with Gasteiger partial charge in [0.2, 0.25) is 0 Å². The molecule has 2 aliphatic rings. The minimum Gasteiger partial charge on any atom is -0.444 e. The van der Waals surface area contributed by atoms with Crippen molar-refractivity contribution in [3.63, 3.8) is 0 Å². The summed E-state index contributed by atoms with van der Waals surface area (Å²) in [6.45, 7) is 13.6. The molecule has 0 spiro atoms. The van der Waals surface area contributed by atoms with Gasteiger partial charge in [-0.15, -0.1) is 0 Å². The molecule has 0 bridgehead atoms. The van der Waals surface area contributed by atoms with Crippen molar-refractivity contribution in [3.8, 4) is 0 Å². The summed E-state index contributed by atoms with van der Waals surface area (Å²) in [6.07, 6.45) is 0.535. The lowest BCUT2D eigenvalue weighted by Gasteiger charge is -2.32. The van der Waals surface area contributed by atoms with E-state index in [9.17, 15) is 4.79 Å². The summed E-state index contributed by atoms with van der Waals surface area (Å²) in [7, 11) is 0. The summed E-state index contributed by atoms with van der Waals surface area (Å²) in [5, 5.41) is 0. The first-order chi connectivity index (χ1) is 10.6. The van der Waals surface area contributed by atoms with Crippen LogP contribution in [-0.4, -0.2) is 27.2 Å². The van der Waals surface area contributed by atoms with E-state index in [-0.39, 0.29) is 11.7 Å². The second-order valence-electron chi connectivity index (χ2n) is 8.15. The maximum Gasteiger partial charge on any atom is 0.410 e. The summed E-state index contributed by atoms with van der Waals surface area (Å²) < 4.78 is 11.4. The van der Waals surface area contributed by atoms with Crippen molar-refractivity contribution in [2.75, 3.05) is 0 Å². The largest absolute Gasteiger partial charge is 0.444 e. The van der Waals surface area contributed by atoms with Gasteiger partial charge in [0.15, 0.2) is 0 Å². The van der Waals surface area contributed by atoms with Crippen LogP contribution in [0.15, 0.2) is 0 Å². The van der Waals surface area contributed by atoms with Crippen molar-refractivity contribution >= 4 is 6.09 Å². The molecule has 0 unspecified atom stereocenters. The van der Waals surface area contributed by atoms with Crippen LogP contribution in [0.25, 0.3) is 0 Å². The van der Waals surface area contributed by atoms with E-state index >= 15 is 0 Å². The number of hydrogen-bond acceptors (Lipinski definition) is 4. The topological polar surface area (TPSA) is 51.7 Å². The van der Waals surface area contributed by atoms with E-state index in [0.717, 1.165) is 23.4 Å². The zero-order valence-electron chi connectivity index (χ0n) is 14.9. The Bertz CT molecular complexity index is 659. The molecule has 1 aromatic rings. The second-order valence-corrected chi connectivity index (χ2v) is 8.15. The van der Waals surface area contributed by atoms with Gasteiger partial charge in [-0.1, -0.05) is 0 Å². The van der Waals surface area contributed by atoms with Crippen LogP contribution in [-0.2, 0) is 35.6 Å². The molecule has 0 N–H and O–H groups in total. The van der Waals surface area contributed by atoms with E-state index in [4.69, 9.17) is 14.5 Å².